The van der Waals surface area contributed by atoms with Crippen LogP contribution in [0, 0.1) is 5.82 Å². The smallest absolute Gasteiger partial charge is 0.127 e. The van der Waals surface area contributed by atoms with Crippen LogP contribution in [0.2, 0.25) is 0 Å². The molecule has 0 saturated heterocycles. The second-order valence-electron chi connectivity index (χ2n) is 5.04. The van der Waals surface area contributed by atoms with Crippen LogP contribution >= 0.6 is 0 Å². The largest absolute Gasteiger partial charge is 0.494 e. The number of rotatable bonds is 8. The van der Waals surface area contributed by atoms with Crippen LogP contribution in [0.1, 0.15) is 30.9 Å². The van der Waals surface area contributed by atoms with E-state index in [9.17, 15) is 4.39 Å². The summed E-state index contributed by atoms with van der Waals surface area (Å²) in [6.07, 6.45) is 2.21. The topological polar surface area (TPSA) is 21.3 Å². The lowest BCUT2D eigenvalue weighted by Crippen LogP contribution is -2.13. The van der Waals surface area contributed by atoms with Crippen LogP contribution in [0.5, 0.6) is 5.75 Å². The molecule has 0 amide bonds. The van der Waals surface area contributed by atoms with Gasteiger partial charge in [-0.3, -0.25) is 0 Å². The molecule has 3 heteroatoms. The van der Waals surface area contributed by atoms with Crippen LogP contribution in [0.3, 0.4) is 0 Å². The van der Waals surface area contributed by atoms with Gasteiger partial charge in [-0.05, 0) is 30.2 Å². The first-order valence-corrected chi connectivity index (χ1v) is 7.45. The first-order chi connectivity index (χ1) is 10.3. The Labute approximate surface area is 126 Å². The minimum atomic E-state index is -0.162. The van der Waals surface area contributed by atoms with Crippen molar-refractivity contribution in [2.45, 2.75) is 32.9 Å². The van der Waals surface area contributed by atoms with E-state index in [1.807, 2.05) is 30.3 Å². The molecule has 21 heavy (non-hydrogen) atoms. The molecule has 2 aromatic rings. The van der Waals surface area contributed by atoms with Gasteiger partial charge < -0.3 is 10.1 Å². The first-order valence-electron chi connectivity index (χ1n) is 7.45. The molecule has 0 aromatic heterocycles. The standard InChI is InChI=1S/C18H22FNO/c1-2-3-12-21-17-10-8-15(9-11-17)13-20-14-16-6-4-5-7-18(16)19/h4-11,20H,2-3,12-14H2,1H3. The highest BCUT2D eigenvalue weighted by Crippen LogP contribution is 2.13. The summed E-state index contributed by atoms with van der Waals surface area (Å²) in [6.45, 7) is 4.15. The summed E-state index contributed by atoms with van der Waals surface area (Å²) in [5.41, 5.74) is 1.85. The molecular formula is C18H22FNO. The maximum atomic E-state index is 13.5. The van der Waals surface area contributed by atoms with E-state index in [-0.39, 0.29) is 5.82 Å². The Morgan fingerprint density at radius 1 is 1.00 bits per heavy atom. The average Bonchev–Trinajstić information content (AvgIpc) is 2.51. The Kier molecular flexibility index (Phi) is 6.22. The predicted molar refractivity (Wildman–Crippen MR) is 83.8 cm³/mol. The number of nitrogens with one attached hydrogen (secondary N) is 1. The molecule has 0 fully saturated rings. The molecule has 0 aliphatic carbocycles. The van der Waals surface area contributed by atoms with E-state index in [1.54, 1.807) is 12.1 Å². The molecule has 0 saturated carbocycles. The molecule has 2 aromatic carbocycles. The van der Waals surface area contributed by atoms with Crippen molar-refractivity contribution in [2.75, 3.05) is 6.61 Å². The minimum absolute atomic E-state index is 0.162. The van der Waals surface area contributed by atoms with E-state index in [0.29, 0.717) is 18.7 Å². The number of unbranched alkanes of at least 4 members (excludes halogenated alkanes) is 1. The fourth-order valence-electron chi connectivity index (χ4n) is 2.02. The third-order valence-corrected chi connectivity index (χ3v) is 3.29. The van der Waals surface area contributed by atoms with Gasteiger partial charge in [0.2, 0.25) is 0 Å². The molecule has 112 valence electrons. The lowest BCUT2D eigenvalue weighted by atomic mass is 10.2. The van der Waals surface area contributed by atoms with E-state index in [2.05, 4.69) is 12.2 Å². The lowest BCUT2D eigenvalue weighted by Gasteiger charge is -2.08. The van der Waals surface area contributed by atoms with Gasteiger partial charge in [0.05, 0.1) is 6.61 Å². The van der Waals surface area contributed by atoms with Crippen molar-refractivity contribution in [3.8, 4) is 5.75 Å². The molecule has 1 N–H and O–H groups in total. The molecule has 0 spiro atoms. The highest BCUT2D eigenvalue weighted by molar-refractivity contribution is 5.27. The van der Waals surface area contributed by atoms with Crippen LogP contribution in [-0.4, -0.2) is 6.61 Å². The Morgan fingerprint density at radius 3 is 2.48 bits per heavy atom. The van der Waals surface area contributed by atoms with Gasteiger partial charge in [-0.25, -0.2) is 4.39 Å². The lowest BCUT2D eigenvalue weighted by molar-refractivity contribution is 0.309. The molecule has 0 radical (unpaired) electrons. The molecular weight excluding hydrogens is 265 g/mol. The number of benzene rings is 2. The number of halogens is 1. The predicted octanol–water partition coefficient (Wildman–Crippen LogP) is 4.29. The Hall–Kier alpha value is -1.87. The van der Waals surface area contributed by atoms with E-state index in [4.69, 9.17) is 4.74 Å². The van der Waals surface area contributed by atoms with E-state index < -0.39 is 0 Å². The molecule has 0 bridgehead atoms. The van der Waals surface area contributed by atoms with Crippen molar-refractivity contribution in [3.63, 3.8) is 0 Å². The molecule has 0 aliphatic heterocycles. The van der Waals surface area contributed by atoms with Crippen LogP contribution in [0.15, 0.2) is 48.5 Å². The molecule has 2 nitrogen and oxygen atoms in total. The van der Waals surface area contributed by atoms with Crippen LogP contribution < -0.4 is 10.1 Å². The number of ether oxygens (including phenoxy) is 1. The Bertz CT molecular complexity index is 539. The summed E-state index contributed by atoms with van der Waals surface area (Å²) in [5, 5.41) is 3.25. The zero-order chi connectivity index (χ0) is 14.9. The van der Waals surface area contributed by atoms with Gasteiger partial charge in [-0.15, -0.1) is 0 Å². The van der Waals surface area contributed by atoms with Crippen LogP contribution in [0.4, 0.5) is 4.39 Å². The van der Waals surface area contributed by atoms with Gasteiger partial charge in [0.1, 0.15) is 11.6 Å². The summed E-state index contributed by atoms with van der Waals surface area (Å²) >= 11 is 0. The van der Waals surface area contributed by atoms with Gasteiger partial charge in [-0.2, -0.15) is 0 Å². The van der Waals surface area contributed by atoms with Crippen LogP contribution in [0.25, 0.3) is 0 Å². The molecule has 0 heterocycles. The first kappa shape index (κ1) is 15.5. The fraction of sp³-hybridized carbons (Fsp3) is 0.333. The normalized spacial score (nSPS) is 10.6. The highest BCUT2D eigenvalue weighted by atomic mass is 19.1. The zero-order valence-electron chi connectivity index (χ0n) is 12.4. The maximum absolute atomic E-state index is 13.5. The summed E-state index contributed by atoms with van der Waals surface area (Å²) in [5.74, 6) is 0.742. The van der Waals surface area contributed by atoms with Crippen molar-refractivity contribution < 1.29 is 9.13 Å². The molecule has 0 atom stereocenters. The molecule has 0 unspecified atom stereocenters. The fourth-order valence-corrected chi connectivity index (χ4v) is 2.02. The summed E-state index contributed by atoms with van der Waals surface area (Å²) in [7, 11) is 0. The average molecular weight is 287 g/mol. The van der Waals surface area contributed by atoms with Crippen LogP contribution in [-0.2, 0) is 13.1 Å². The van der Waals surface area contributed by atoms with Gasteiger partial charge in [0, 0.05) is 18.7 Å². The van der Waals surface area contributed by atoms with Gasteiger partial charge in [0.25, 0.3) is 0 Å². The van der Waals surface area contributed by atoms with Crippen molar-refractivity contribution in [1.82, 2.24) is 5.32 Å². The van der Waals surface area contributed by atoms with E-state index >= 15 is 0 Å². The second-order valence-corrected chi connectivity index (χ2v) is 5.04. The minimum Gasteiger partial charge on any atom is -0.494 e. The van der Waals surface area contributed by atoms with E-state index in [0.717, 1.165) is 30.8 Å². The maximum Gasteiger partial charge on any atom is 0.127 e. The highest BCUT2D eigenvalue weighted by Gasteiger charge is 2.00. The molecule has 2 rings (SSSR count). The quantitative estimate of drug-likeness (QED) is 0.731. The molecule has 0 aliphatic rings. The third kappa shape index (κ3) is 5.20. The van der Waals surface area contributed by atoms with Crippen molar-refractivity contribution >= 4 is 0 Å². The van der Waals surface area contributed by atoms with Gasteiger partial charge >= 0.3 is 0 Å². The summed E-state index contributed by atoms with van der Waals surface area (Å²) < 4.78 is 19.1. The van der Waals surface area contributed by atoms with Crippen molar-refractivity contribution in [3.05, 3.63) is 65.5 Å². The SMILES string of the molecule is CCCCOc1ccc(CNCc2ccccc2F)cc1. The third-order valence-electron chi connectivity index (χ3n) is 3.29. The Balaban J connectivity index is 1.77. The van der Waals surface area contributed by atoms with Crippen molar-refractivity contribution in [2.24, 2.45) is 0 Å². The van der Waals surface area contributed by atoms with Gasteiger partial charge in [-0.1, -0.05) is 43.7 Å². The number of hydrogen-bond donors (Lipinski definition) is 1. The summed E-state index contributed by atoms with van der Waals surface area (Å²) in [6, 6.07) is 14.9. The zero-order valence-corrected chi connectivity index (χ0v) is 12.4. The monoisotopic (exact) mass is 287 g/mol. The summed E-state index contributed by atoms with van der Waals surface area (Å²) in [4.78, 5) is 0. The Morgan fingerprint density at radius 2 is 1.76 bits per heavy atom. The number of hydrogen-bond acceptors (Lipinski definition) is 2. The van der Waals surface area contributed by atoms with Crippen molar-refractivity contribution in [1.29, 1.82) is 0 Å². The second kappa shape index (κ2) is 8.42. The van der Waals surface area contributed by atoms with Gasteiger partial charge in [0.15, 0.2) is 0 Å². The van der Waals surface area contributed by atoms with E-state index in [1.165, 1.54) is 6.07 Å².